The van der Waals surface area contributed by atoms with Crippen molar-refractivity contribution in [3.05, 3.63) is 60.0 Å². The van der Waals surface area contributed by atoms with E-state index in [0.717, 1.165) is 17.7 Å². The number of pyridine rings is 1. The average Bonchev–Trinajstić information content (AvgIpc) is 3.38. The van der Waals surface area contributed by atoms with Gasteiger partial charge in [0.2, 0.25) is 17.6 Å². The smallest absolute Gasteiger partial charge is 0.276 e. The molecule has 0 N–H and O–H groups in total. The van der Waals surface area contributed by atoms with Crippen molar-refractivity contribution in [2.75, 3.05) is 5.75 Å². The highest BCUT2D eigenvalue weighted by molar-refractivity contribution is 7.99. The molecule has 1 aromatic carbocycles. The van der Waals surface area contributed by atoms with E-state index >= 15 is 0 Å². The van der Waals surface area contributed by atoms with Crippen LogP contribution in [0.4, 0.5) is 4.39 Å². The molecule has 0 saturated heterocycles. The van der Waals surface area contributed by atoms with Crippen molar-refractivity contribution >= 4 is 11.8 Å². The Morgan fingerprint density at radius 2 is 1.93 bits per heavy atom. The van der Waals surface area contributed by atoms with Crippen LogP contribution in [0.1, 0.15) is 17.9 Å². The largest absolute Gasteiger partial charge is 0.411 e. The van der Waals surface area contributed by atoms with E-state index in [-0.39, 0.29) is 5.82 Å². The molecule has 0 aliphatic rings. The second-order valence-electron chi connectivity index (χ2n) is 6.04. The van der Waals surface area contributed by atoms with Crippen molar-refractivity contribution in [2.45, 2.75) is 25.0 Å². The second-order valence-corrected chi connectivity index (χ2v) is 7.08. The van der Waals surface area contributed by atoms with Crippen molar-refractivity contribution in [1.29, 1.82) is 0 Å². The van der Waals surface area contributed by atoms with Crippen LogP contribution in [0, 0.1) is 12.7 Å². The molecule has 0 aliphatic heterocycles. The molecule has 0 bridgehead atoms. The summed E-state index contributed by atoms with van der Waals surface area (Å²) in [6.07, 6.45) is 4.76. The van der Waals surface area contributed by atoms with Gasteiger partial charge in [-0.25, -0.2) is 4.39 Å². The number of benzene rings is 1. The van der Waals surface area contributed by atoms with Gasteiger partial charge in [0.15, 0.2) is 0 Å². The van der Waals surface area contributed by atoms with E-state index < -0.39 is 0 Å². The molecule has 3 aromatic heterocycles. The molecule has 9 heteroatoms. The van der Waals surface area contributed by atoms with Gasteiger partial charge in [-0.05, 0) is 37.1 Å². The predicted octanol–water partition coefficient (Wildman–Crippen LogP) is 4.35. The summed E-state index contributed by atoms with van der Waals surface area (Å²) >= 11 is 1.47. The van der Waals surface area contributed by atoms with Gasteiger partial charge in [0.25, 0.3) is 5.22 Å². The lowest BCUT2D eigenvalue weighted by molar-refractivity contribution is 0.378. The Balaban J connectivity index is 1.29. The molecule has 0 amide bonds. The van der Waals surface area contributed by atoms with Crippen LogP contribution in [0.15, 0.2) is 56.9 Å². The van der Waals surface area contributed by atoms with Crippen LogP contribution in [0.3, 0.4) is 0 Å². The van der Waals surface area contributed by atoms with Gasteiger partial charge in [0.1, 0.15) is 5.82 Å². The van der Waals surface area contributed by atoms with Gasteiger partial charge in [-0.15, -0.1) is 10.2 Å². The quantitative estimate of drug-likeness (QED) is 0.336. The van der Waals surface area contributed by atoms with Crippen molar-refractivity contribution < 1.29 is 13.3 Å². The molecule has 0 saturated carbocycles. The minimum atomic E-state index is -0.286. The monoisotopic (exact) mass is 397 g/mol. The Morgan fingerprint density at radius 3 is 2.75 bits per heavy atom. The number of hydrogen-bond donors (Lipinski definition) is 0. The first-order valence-corrected chi connectivity index (χ1v) is 9.63. The fourth-order valence-electron chi connectivity index (χ4n) is 2.47. The Morgan fingerprint density at radius 1 is 1.07 bits per heavy atom. The fraction of sp³-hybridized carbons (Fsp3) is 0.211. The molecule has 4 rings (SSSR count). The lowest BCUT2D eigenvalue weighted by atomic mass is 10.1. The van der Waals surface area contributed by atoms with Crippen LogP contribution in [-0.2, 0) is 6.42 Å². The molecule has 28 heavy (non-hydrogen) atoms. The average molecular weight is 397 g/mol. The predicted molar refractivity (Wildman–Crippen MR) is 101 cm³/mol. The molecule has 0 unspecified atom stereocenters. The summed E-state index contributed by atoms with van der Waals surface area (Å²) in [4.78, 5) is 8.29. The van der Waals surface area contributed by atoms with Crippen LogP contribution in [0.2, 0.25) is 0 Å². The highest BCUT2D eigenvalue weighted by atomic mass is 32.2. The molecule has 0 aliphatic carbocycles. The van der Waals surface area contributed by atoms with E-state index in [1.165, 1.54) is 17.8 Å². The van der Waals surface area contributed by atoms with E-state index in [1.54, 1.807) is 31.5 Å². The summed E-state index contributed by atoms with van der Waals surface area (Å²) in [5.41, 5.74) is 2.01. The molecule has 0 spiro atoms. The van der Waals surface area contributed by atoms with Crippen molar-refractivity contribution in [3.63, 3.8) is 0 Å². The summed E-state index contributed by atoms with van der Waals surface area (Å²) in [7, 11) is 0. The van der Waals surface area contributed by atoms with Gasteiger partial charge < -0.3 is 8.94 Å². The minimum Gasteiger partial charge on any atom is -0.411 e. The third-order valence-corrected chi connectivity index (χ3v) is 4.90. The topological polar surface area (TPSA) is 90.7 Å². The molecule has 0 radical (unpaired) electrons. The highest BCUT2D eigenvalue weighted by Crippen LogP contribution is 2.24. The van der Waals surface area contributed by atoms with Gasteiger partial charge in [-0.1, -0.05) is 29.1 Å². The molecule has 4 aromatic rings. The lowest BCUT2D eigenvalue weighted by Gasteiger charge is -1.97. The van der Waals surface area contributed by atoms with Gasteiger partial charge >= 0.3 is 0 Å². The molecular formula is C19H16FN5O2S. The zero-order valence-corrected chi connectivity index (χ0v) is 15.8. The van der Waals surface area contributed by atoms with Crippen molar-refractivity contribution in [2.24, 2.45) is 0 Å². The Bertz CT molecular complexity index is 1070. The Kier molecular flexibility index (Phi) is 5.43. The van der Waals surface area contributed by atoms with Gasteiger partial charge in [-0.2, -0.15) is 4.98 Å². The highest BCUT2D eigenvalue weighted by Gasteiger charge is 2.12. The number of rotatable bonds is 7. The maximum absolute atomic E-state index is 13.7. The molecule has 0 fully saturated rings. The summed E-state index contributed by atoms with van der Waals surface area (Å²) in [5, 5.41) is 12.5. The van der Waals surface area contributed by atoms with Gasteiger partial charge in [0.05, 0.1) is 0 Å². The van der Waals surface area contributed by atoms with Crippen LogP contribution >= 0.6 is 11.8 Å². The van der Waals surface area contributed by atoms with E-state index in [4.69, 9.17) is 8.94 Å². The number of nitrogens with zero attached hydrogens (tertiary/aromatic N) is 5. The van der Waals surface area contributed by atoms with Gasteiger partial charge in [-0.3, -0.25) is 4.98 Å². The van der Waals surface area contributed by atoms with E-state index in [0.29, 0.717) is 40.4 Å². The number of hydrogen-bond acceptors (Lipinski definition) is 8. The summed E-state index contributed by atoms with van der Waals surface area (Å²) in [5.74, 6) is 1.84. The summed E-state index contributed by atoms with van der Waals surface area (Å²) in [6.45, 7) is 1.71. The maximum Gasteiger partial charge on any atom is 0.276 e. The Hall–Kier alpha value is -3.07. The van der Waals surface area contributed by atoms with Gasteiger partial charge in [0, 0.05) is 35.7 Å². The lowest BCUT2D eigenvalue weighted by Crippen LogP contribution is -1.89. The number of thioether (sulfide) groups is 1. The van der Waals surface area contributed by atoms with Crippen LogP contribution in [-0.4, -0.2) is 31.1 Å². The molecule has 3 heterocycles. The Labute approximate surface area is 164 Å². The number of halogens is 1. The number of aromatic nitrogens is 5. The van der Waals surface area contributed by atoms with Crippen molar-refractivity contribution in [1.82, 2.24) is 25.3 Å². The first-order valence-electron chi connectivity index (χ1n) is 8.65. The zero-order chi connectivity index (χ0) is 19.3. The zero-order valence-electron chi connectivity index (χ0n) is 15.0. The third kappa shape index (κ3) is 4.25. The molecular weight excluding hydrogens is 381 g/mol. The van der Waals surface area contributed by atoms with Crippen LogP contribution in [0.5, 0.6) is 0 Å². The first kappa shape index (κ1) is 18.3. The SMILES string of the molecule is Cc1ccc(-c2noc(CCCSc3nnc(-c4ccncc4)o3)n2)cc1F. The maximum atomic E-state index is 13.7. The first-order chi connectivity index (χ1) is 13.7. The summed E-state index contributed by atoms with van der Waals surface area (Å²) < 4.78 is 24.6. The third-order valence-electron chi connectivity index (χ3n) is 3.99. The fourth-order valence-corrected chi connectivity index (χ4v) is 3.17. The van der Waals surface area contributed by atoms with Crippen molar-refractivity contribution in [3.8, 4) is 22.8 Å². The number of aryl methyl sites for hydroxylation is 2. The van der Waals surface area contributed by atoms with Crippen LogP contribution < -0.4 is 0 Å². The van der Waals surface area contributed by atoms with E-state index in [9.17, 15) is 4.39 Å². The van der Waals surface area contributed by atoms with E-state index in [1.807, 2.05) is 12.1 Å². The molecule has 142 valence electrons. The molecule has 7 nitrogen and oxygen atoms in total. The van der Waals surface area contributed by atoms with E-state index in [2.05, 4.69) is 25.3 Å². The second kappa shape index (κ2) is 8.30. The van der Waals surface area contributed by atoms with Crippen LogP contribution in [0.25, 0.3) is 22.8 Å². The standard InChI is InChI=1S/C19H16FN5O2S/c1-12-4-5-14(11-15(12)20)17-22-16(27-25-17)3-2-10-28-19-24-23-18(26-19)13-6-8-21-9-7-13/h4-9,11H,2-3,10H2,1H3. The molecule has 0 atom stereocenters. The summed E-state index contributed by atoms with van der Waals surface area (Å²) in [6, 6.07) is 8.51. The normalized spacial score (nSPS) is 11.1. The minimum absolute atomic E-state index is 0.286.